The van der Waals surface area contributed by atoms with Gasteiger partial charge < -0.3 is 0 Å². The molecule has 0 atom stereocenters. The third-order valence-corrected chi connectivity index (χ3v) is 1.70. The van der Waals surface area contributed by atoms with E-state index in [1.54, 1.807) is 0 Å². The second-order valence-corrected chi connectivity index (χ2v) is 2.34. The molecule has 1 rings (SSSR count). The minimum atomic E-state index is 0. The van der Waals surface area contributed by atoms with Crippen molar-refractivity contribution in [2.45, 2.75) is 4.90 Å². The average molecular weight is 213 g/mol. The minimum Gasteiger partial charge on any atom is -0.197 e. The molecule has 0 N–H and O–H groups in total. The van der Waals surface area contributed by atoms with Gasteiger partial charge in [0.25, 0.3) is 0 Å². The summed E-state index contributed by atoms with van der Waals surface area (Å²) < 4.78 is 0. The summed E-state index contributed by atoms with van der Waals surface area (Å²) in [6.45, 7) is 0. The van der Waals surface area contributed by atoms with E-state index in [1.807, 2.05) is 24.3 Å². The number of hydrogen-bond acceptors (Lipinski definition) is 1. The summed E-state index contributed by atoms with van der Waals surface area (Å²) >= 11 is 9.70. The average Bonchev–Trinajstić information content (AvgIpc) is 1.77. The summed E-state index contributed by atoms with van der Waals surface area (Å²) in [5, 5.41) is 0.704. The van der Waals surface area contributed by atoms with E-state index in [1.165, 1.54) is 0 Å². The lowest BCUT2D eigenvalue weighted by atomic mass is 10.4. The van der Waals surface area contributed by atoms with Crippen LogP contribution in [0.2, 0.25) is 5.02 Å². The first-order chi connectivity index (χ1) is 3.80. The van der Waals surface area contributed by atoms with E-state index in [-0.39, 0.29) is 27.0 Å². The summed E-state index contributed by atoms with van der Waals surface area (Å²) in [5.41, 5.74) is 0. The third-order valence-electron chi connectivity index (χ3n) is 0.852. The van der Waals surface area contributed by atoms with Crippen molar-refractivity contribution < 1.29 is 0 Å². The molecule has 4 heteroatoms. The molecule has 0 bridgehead atoms. The van der Waals surface area contributed by atoms with Gasteiger partial charge in [-0.05, 0) is 12.1 Å². The summed E-state index contributed by atoms with van der Waals surface area (Å²) in [6.07, 6.45) is 0. The lowest BCUT2D eigenvalue weighted by molar-refractivity contribution is 1.48. The molecule has 0 aliphatic rings. The summed E-state index contributed by atoms with van der Waals surface area (Å²) in [7, 11) is 0. The highest BCUT2D eigenvalue weighted by Crippen LogP contribution is 2.17. The molecule has 0 amide bonds. The Labute approximate surface area is 85.3 Å². The van der Waals surface area contributed by atoms with Crippen molar-refractivity contribution in [1.29, 1.82) is 0 Å². The topological polar surface area (TPSA) is 0 Å². The van der Waals surface area contributed by atoms with Crippen LogP contribution >= 0.6 is 51.2 Å². The van der Waals surface area contributed by atoms with Crippen molar-refractivity contribution in [2.24, 2.45) is 0 Å². The normalized spacial score (nSPS) is 7.40. The number of benzene rings is 1. The smallest absolute Gasteiger partial charge is 0.0539 e. The molecular weight excluding hydrogens is 204 g/mol. The molecule has 0 heterocycles. The molecule has 0 unspecified atom stereocenters. The SMILES string of the molecule is S.S.Sc1ccccc1Cl. The van der Waals surface area contributed by atoms with E-state index in [4.69, 9.17) is 11.6 Å². The van der Waals surface area contributed by atoms with Crippen LogP contribution in [-0.4, -0.2) is 0 Å². The fourth-order valence-corrected chi connectivity index (χ4v) is 0.748. The minimum absolute atomic E-state index is 0. The highest BCUT2D eigenvalue weighted by atomic mass is 35.5. The number of halogens is 1. The van der Waals surface area contributed by atoms with Crippen molar-refractivity contribution in [3.63, 3.8) is 0 Å². The van der Waals surface area contributed by atoms with Gasteiger partial charge in [0.2, 0.25) is 0 Å². The third kappa shape index (κ3) is 3.66. The second kappa shape index (κ2) is 6.28. The Hall–Kier alpha value is 0.560. The Balaban J connectivity index is 0. The maximum Gasteiger partial charge on any atom is 0.0539 e. The van der Waals surface area contributed by atoms with Gasteiger partial charge in [0.15, 0.2) is 0 Å². The van der Waals surface area contributed by atoms with Gasteiger partial charge in [-0.25, -0.2) is 0 Å². The molecule has 0 fully saturated rings. The Morgan fingerprint density at radius 3 is 1.90 bits per heavy atom. The van der Waals surface area contributed by atoms with Crippen LogP contribution in [0.25, 0.3) is 0 Å². The maximum absolute atomic E-state index is 5.63. The zero-order chi connectivity index (χ0) is 5.98. The predicted octanol–water partition coefficient (Wildman–Crippen LogP) is 2.85. The molecule has 1 aromatic rings. The number of thiol groups is 1. The van der Waals surface area contributed by atoms with Crippen LogP contribution in [0, 0.1) is 0 Å². The summed E-state index contributed by atoms with van der Waals surface area (Å²) in [6, 6.07) is 7.44. The Morgan fingerprint density at radius 2 is 1.60 bits per heavy atom. The molecule has 0 nitrogen and oxygen atoms in total. The van der Waals surface area contributed by atoms with Gasteiger partial charge in [-0.15, -0.1) is 12.6 Å². The first-order valence-corrected chi connectivity index (χ1v) is 3.07. The molecular formula is C6H9ClS3. The van der Waals surface area contributed by atoms with Crippen LogP contribution in [0.4, 0.5) is 0 Å². The lowest BCUT2D eigenvalue weighted by Gasteiger charge is -1.90. The molecule has 0 saturated carbocycles. The first kappa shape index (κ1) is 13.2. The van der Waals surface area contributed by atoms with E-state index in [2.05, 4.69) is 12.6 Å². The maximum atomic E-state index is 5.63. The van der Waals surface area contributed by atoms with Gasteiger partial charge in [-0.2, -0.15) is 27.0 Å². The van der Waals surface area contributed by atoms with E-state index in [0.29, 0.717) is 5.02 Å². The highest BCUT2D eigenvalue weighted by molar-refractivity contribution is 7.80. The van der Waals surface area contributed by atoms with Crippen LogP contribution in [0.3, 0.4) is 0 Å². The molecule has 10 heavy (non-hydrogen) atoms. The molecule has 0 saturated heterocycles. The van der Waals surface area contributed by atoms with Gasteiger partial charge in [-0.3, -0.25) is 0 Å². The van der Waals surface area contributed by atoms with E-state index in [9.17, 15) is 0 Å². The molecule has 0 spiro atoms. The Kier molecular flexibility index (Phi) is 8.27. The van der Waals surface area contributed by atoms with Crippen LogP contribution in [-0.2, 0) is 0 Å². The van der Waals surface area contributed by atoms with E-state index >= 15 is 0 Å². The van der Waals surface area contributed by atoms with Crippen molar-refractivity contribution >= 4 is 51.2 Å². The fourth-order valence-electron chi connectivity index (χ4n) is 0.452. The van der Waals surface area contributed by atoms with Crippen molar-refractivity contribution in [3.05, 3.63) is 29.3 Å². The summed E-state index contributed by atoms with van der Waals surface area (Å²) in [4.78, 5) is 0.828. The number of hydrogen-bond donors (Lipinski definition) is 1. The van der Waals surface area contributed by atoms with Crippen LogP contribution < -0.4 is 0 Å². The zero-order valence-corrected chi connectivity index (χ0v) is 8.78. The lowest BCUT2D eigenvalue weighted by Crippen LogP contribution is -1.63. The zero-order valence-electron chi connectivity index (χ0n) is 5.13. The highest BCUT2D eigenvalue weighted by Gasteiger charge is 1.87. The largest absolute Gasteiger partial charge is 0.197 e. The Bertz CT molecular complexity index is 169. The van der Waals surface area contributed by atoms with Crippen molar-refractivity contribution in [3.8, 4) is 0 Å². The van der Waals surface area contributed by atoms with Crippen LogP contribution in [0.15, 0.2) is 29.2 Å². The first-order valence-electron chi connectivity index (χ1n) is 2.24. The van der Waals surface area contributed by atoms with Crippen LogP contribution in [0.5, 0.6) is 0 Å². The van der Waals surface area contributed by atoms with E-state index in [0.717, 1.165) is 4.90 Å². The predicted molar refractivity (Wildman–Crippen MR) is 59.5 cm³/mol. The number of rotatable bonds is 0. The van der Waals surface area contributed by atoms with Gasteiger partial charge >= 0.3 is 0 Å². The monoisotopic (exact) mass is 212 g/mol. The van der Waals surface area contributed by atoms with Crippen molar-refractivity contribution in [1.82, 2.24) is 0 Å². The van der Waals surface area contributed by atoms with Gasteiger partial charge in [0.05, 0.1) is 5.02 Å². The van der Waals surface area contributed by atoms with Crippen molar-refractivity contribution in [2.75, 3.05) is 0 Å². The van der Waals surface area contributed by atoms with Gasteiger partial charge in [0.1, 0.15) is 0 Å². The standard InChI is InChI=1S/C6H5ClS.2H2S/c7-5-3-1-2-4-6(5)8;;/h1-4,8H;2*1H2. The molecule has 0 aliphatic heterocycles. The summed E-state index contributed by atoms with van der Waals surface area (Å²) in [5.74, 6) is 0. The van der Waals surface area contributed by atoms with Gasteiger partial charge in [0, 0.05) is 4.90 Å². The Morgan fingerprint density at radius 1 is 1.10 bits per heavy atom. The van der Waals surface area contributed by atoms with Crippen LogP contribution in [0.1, 0.15) is 0 Å². The second-order valence-electron chi connectivity index (χ2n) is 1.45. The molecule has 0 aromatic heterocycles. The molecule has 0 radical (unpaired) electrons. The van der Waals surface area contributed by atoms with E-state index < -0.39 is 0 Å². The molecule has 1 aromatic carbocycles. The fraction of sp³-hybridized carbons (Fsp3) is 0. The quantitative estimate of drug-likeness (QED) is 0.629. The molecule has 0 aliphatic carbocycles. The molecule has 58 valence electrons. The van der Waals surface area contributed by atoms with Gasteiger partial charge in [-0.1, -0.05) is 23.7 Å².